The van der Waals surface area contributed by atoms with Crippen molar-refractivity contribution in [3.63, 3.8) is 0 Å². The normalized spacial score (nSPS) is 18.8. The molecule has 1 aliphatic heterocycles. The number of hydrogen-bond donors (Lipinski definition) is 0. The quantitative estimate of drug-likeness (QED) is 0.633. The summed E-state index contributed by atoms with van der Waals surface area (Å²) in [5.41, 5.74) is 2.94. The fourth-order valence-electron chi connectivity index (χ4n) is 2.61. The van der Waals surface area contributed by atoms with Crippen LogP contribution in [0.15, 0.2) is 18.7 Å². The first-order valence-corrected chi connectivity index (χ1v) is 7.83. The summed E-state index contributed by atoms with van der Waals surface area (Å²) in [5.74, 6) is -0.314. The van der Waals surface area contributed by atoms with E-state index in [1.807, 2.05) is 46.8 Å². The van der Waals surface area contributed by atoms with Crippen molar-refractivity contribution in [2.24, 2.45) is 0 Å². The van der Waals surface area contributed by atoms with Gasteiger partial charge in [0.1, 0.15) is 6.61 Å². The van der Waals surface area contributed by atoms with Crippen molar-refractivity contribution >= 4 is 24.6 Å². The van der Waals surface area contributed by atoms with Gasteiger partial charge >= 0.3 is 13.1 Å². The molecule has 0 spiro atoms. The van der Waals surface area contributed by atoms with Crippen molar-refractivity contribution < 1.29 is 18.8 Å². The van der Waals surface area contributed by atoms with Crippen LogP contribution >= 0.6 is 0 Å². The second kappa shape index (κ2) is 6.14. The Bertz CT molecular complexity index is 618. The van der Waals surface area contributed by atoms with E-state index in [1.54, 1.807) is 6.08 Å². The molecule has 1 saturated heterocycles. The zero-order valence-corrected chi connectivity index (χ0v) is 14.9. The molecule has 0 atom stereocenters. The molecule has 1 aliphatic rings. The Morgan fingerprint density at radius 3 is 2.30 bits per heavy atom. The highest BCUT2D eigenvalue weighted by molar-refractivity contribution is 6.63. The number of benzene rings is 1. The summed E-state index contributed by atoms with van der Waals surface area (Å²) >= 11 is 0. The minimum atomic E-state index is -0.515. The van der Waals surface area contributed by atoms with Gasteiger partial charge in [-0.15, -0.1) is 0 Å². The molecule has 0 aliphatic carbocycles. The Morgan fingerprint density at radius 1 is 1.26 bits per heavy atom. The molecule has 0 bridgehead atoms. The Kier molecular flexibility index (Phi) is 4.74. The van der Waals surface area contributed by atoms with Gasteiger partial charge in [0.05, 0.1) is 11.2 Å². The predicted octanol–water partition coefficient (Wildman–Crippen LogP) is 3.00. The largest absolute Gasteiger partial charge is 0.495 e. The van der Waals surface area contributed by atoms with Gasteiger partial charge in [0.2, 0.25) is 0 Å². The summed E-state index contributed by atoms with van der Waals surface area (Å²) in [4.78, 5) is 11.2. The van der Waals surface area contributed by atoms with Gasteiger partial charge in [0, 0.05) is 6.92 Å². The van der Waals surface area contributed by atoms with Gasteiger partial charge in [-0.25, -0.2) is 0 Å². The van der Waals surface area contributed by atoms with Gasteiger partial charge < -0.3 is 14.0 Å². The minimum Gasteiger partial charge on any atom is -0.461 e. The van der Waals surface area contributed by atoms with Gasteiger partial charge in [0.25, 0.3) is 0 Å². The van der Waals surface area contributed by atoms with E-state index >= 15 is 0 Å². The van der Waals surface area contributed by atoms with E-state index in [-0.39, 0.29) is 12.6 Å². The van der Waals surface area contributed by atoms with Gasteiger partial charge in [0.15, 0.2) is 0 Å². The first kappa shape index (κ1) is 17.8. The third kappa shape index (κ3) is 3.36. The minimum absolute atomic E-state index is 0.190. The zero-order valence-electron chi connectivity index (χ0n) is 14.9. The van der Waals surface area contributed by atoms with E-state index in [9.17, 15) is 4.79 Å². The lowest BCUT2D eigenvalue weighted by Crippen LogP contribution is -2.41. The lowest BCUT2D eigenvalue weighted by atomic mass is 9.72. The summed E-state index contributed by atoms with van der Waals surface area (Å²) in [6.07, 6.45) is 1.80. The highest BCUT2D eigenvalue weighted by Gasteiger charge is 2.52. The molecule has 0 aromatic heterocycles. The Balaban J connectivity index is 2.49. The molecule has 23 heavy (non-hydrogen) atoms. The zero-order chi connectivity index (χ0) is 17.4. The summed E-state index contributed by atoms with van der Waals surface area (Å²) in [5, 5.41) is 0. The molecule has 1 fully saturated rings. The van der Waals surface area contributed by atoms with Crippen molar-refractivity contribution in [2.75, 3.05) is 0 Å². The van der Waals surface area contributed by atoms with Crippen LogP contribution in [0.2, 0.25) is 0 Å². The summed E-state index contributed by atoms with van der Waals surface area (Å²) in [6, 6.07) is 3.94. The highest BCUT2D eigenvalue weighted by Crippen LogP contribution is 2.37. The van der Waals surface area contributed by atoms with E-state index in [0.29, 0.717) is 0 Å². The third-order valence-corrected chi connectivity index (χ3v) is 4.72. The van der Waals surface area contributed by atoms with Crippen LogP contribution in [0.25, 0.3) is 6.08 Å². The number of ether oxygens (including phenoxy) is 1. The molecule has 0 amide bonds. The first-order chi connectivity index (χ1) is 10.6. The van der Waals surface area contributed by atoms with Crippen LogP contribution < -0.4 is 5.46 Å². The van der Waals surface area contributed by atoms with Crippen LogP contribution in [0, 0.1) is 6.92 Å². The maximum atomic E-state index is 11.2. The molecule has 0 saturated carbocycles. The van der Waals surface area contributed by atoms with Crippen LogP contribution in [-0.2, 0) is 25.4 Å². The Morgan fingerprint density at radius 2 is 1.83 bits per heavy atom. The smallest absolute Gasteiger partial charge is 0.461 e. The Hall–Kier alpha value is -1.59. The van der Waals surface area contributed by atoms with Crippen molar-refractivity contribution in [2.45, 2.75) is 59.4 Å². The van der Waals surface area contributed by atoms with Crippen molar-refractivity contribution in [3.05, 3.63) is 35.4 Å². The maximum absolute atomic E-state index is 11.2. The van der Waals surface area contributed by atoms with Crippen molar-refractivity contribution in [1.82, 2.24) is 0 Å². The fraction of sp³-hybridized carbons (Fsp3) is 0.500. The molecule has 4 nitrogen and oxygen atoms in total. The lowest BCUT2D eigenvalue weighted by molar-refractivity contribution is -0.142. The first-order valence-electron chi connectivity index (χ1n) is 7.83. The van der Waals surface area contributed by atoms with Crippen LogP contribution in [0.5, 0.6) is 0 Å². The topological polar surface area (TPSA) is 44.8 Å². The molecule has 2 rings (SSSR count). The average molecular weight is 316 g/mol. The molecular formula is C18H25BO4. The molecule has 1 aromatic rings. The summed E-state index contributed by atoms with van der Waals surface area (Å²) < 4.78 is 17.6. The number of carbonyl (C=O) groups is 1. The van der Waals surface area contributed by atoms with Crippen LogP contribution in [0.4, 0.5) is 0 Å². The second-order valence-corrected chi connectivity index (χ2v) is 6.94. The average Bonchev–Trinajstić information content (AvgIpc) is 2.65. The van der Waals surface area contributed by atoms with E-state index in [2.05, 4.69) is 6.58 Å². The van der Waals surface area contributed by atoms with Crippen molar-refractivity contribution in [3.8, 4) is 0 Å². The second-order valence-electron chi connectivity index (χ2n) is 6.94. The van der Waals surface area contributed by atoms with Gasteiger partial charge in [-0.3, -0.25) is 4.79 Å². The summed E-state index contributed by atoms with van der Waals surface area (Å²) in [6.45, 7) is 15.6. The summed E-state index contributed by atoms with van der Waals surface area (Å²) in [7, 11) is -0.515. The molecule has 5 heteroatoms. The standard InChI is InChI=1S/C18H25BO4/c1-8-15-12(2)9-10-14(11-21-13(3)20)16(15)19-22-17(4,5)18(6,7)23-19/h8-10H,1,11H2,2-7H3. The van der Waals surface area contributed by atoms with Gasteiger partial charge in [-0.05, 0) is 56.8 Å². The number of rotatable bonds is 4. The SMILES string of the molecule is C=Cc1c(C)ccc(COC(C)=O)c1B1OC(C)(C)C(C)(C)O1. The Labute approximate surface area is 139 Å². The highest BCUT2D eigenvalue weighted by atomic mass is 16.7. The molecule has 0 N–H and O–H groups in total. The number of esters is 1. The molecule has 1 heterocycles. The molecular weight excluding hydrogens is 291 g/mol. The van der Waals surface area contributed by atoms with E-state index in [1.165, 1.54) is 6.92 Å². The number of aryl methyl sites for hydroxylation is 1. The van der Waals surface area contributed by atoms with Crippen LogP contribution in [0.1, 0.15) is 51.3 Å². The molecule has 124 valence electrons. The third-order valence-electron chi connectivity index (χ3n) is 4.72. The van der Waals surface area contributed by atoms with Crippen LogP contribution in [-0.4, -0.2) is 24.3 Å². The van der Waals surface area contributed by atoms with Gasteiger partial charge in [-0.1, -0.05) is 24.8 Å². The van der Waals surface area contributed by atoms with Crippen LogP contribution in [0.3, 0.4) is 0 Å². The van der Waals surface area contributed by atoms with Gasteiger partial charge in [-0.2, -0.15) is 0 Å². The fourth-order valence-corrected chi connectivity index (χ4v) is 2.61. The van der Waals surface area contributed by atoms with Crippen molar-refractivity contribution in [1.29, 1.82) is 0 Å². The lowest BCUT2D eigenvalue weighted by Gasteiger charge is -2.32. The van der Waals surface area contributed by atoms with E-state index in [4.69, 9.17) is 14.0 Å². The van der Waals surface area contributed by atoms with E-state index in [0.717, 1.165) is 22.2 Å². The van der Waals surface area contributed by atoms with E-state index < -0.39 is 18.3 Å². The monoisotopic (exact) mass is 316 g/mol. The number of carbonyl (C=O) groups excluding carboxylic acids is 1. The number of hydrogen-bond acceptors (Lipinski definition) is 4. The molecule has 1 aromatic carbocycles. The molecule has 0 unspecified atom stereocenters. The molecule has 0 radical (unpaired) electrons. The predicted molar refractivity (Wildman–Crippen MR) is 92.5 cm³/mol. The maximum Gasteiger partial charge on any atom is 0.495 e.